The largest absolute Gasteiger partial charge is 0.322 e. The van der Waals surface area contributed by atoms with Crippen molar-refractivity contribution >= 4 is 40.6 Å². The summed E-state index contributed by atoms with van der Waals surface area (Å²) in [5, 5.41) is 14.3. The predicted octanol–water partition coefficient (Wildman–Crippen LogP) is 5.35. The number of rotatable bonds is 6. The Kier molecular flexibility index (Phi) is 6.61. The standard InChI is InChI=1S/C17H17Cl2N3O3/c1-2-9-21(11-12-3-6-14(7-4-12)22(24)25)17(23)20-13-5-8-15(18)16(19)10-13/h3-8,10H,2,9,11H2,1H3,(H,20,23). The van der Waals surface area contributed by atoms with E-state index in [0.717, 1.165) is 12.0 Å². The first-order valence-electron chi connectivity index (χ1n) is 7.65. The van der Waals surface area contributed by atoms with Crippen LogP contribution in [0.15, 0.2) is 42.5 Å². The number of nitro benzene ring substituents is 1. The van der Waals surface area contributed by atoms with Gasteiger partial charge in [-0.1, -0.05) is 42.3 Å². The van der Waals surface area contributed by atoms with Crippen LogP contribution in [-0.4, -0.2) is 22.4 Å². The highest BCUT2D eigenvalue weighted by Gasteiger charge is 2.15. The molecule has 0 saturated heterocycles. The summed E-state index contributed by atoms with van der Waals surface area (Å²) in [5.74, 6) is 0. The molecule has 0 aliphatic heterocycles. The third kappa shape index (κ3) is 5.34. The second kappa shape index (κ2) is 8.69. The van der Waals surface area contributed by atoms with Crippen LogP contribution in [0.1, 0.15) is 18.9 Å². The van der Waals surface area contributed by atoms with Crippen molar-refractivity contribution in [2.24, 2.45) is 0 Å². The number of nitrogens with zero attached hydrogens (tertiary/aromatic N) is 2. The zero-order valence-corrected chi connectivity index (χ0v) is 15.0. The van der Waals surface area contributed by atoms with Crippen LogP contribution in [0.3, 0.4) is 0 Å². The van der Waals surface area contributed by atoms with Crippen molar-refractivity contribution in [3.63, 3.8) is 0 Å². The predicted molar refractivity (Wildman–Crippen MR) is 99.3 cm³/mol. The SMILES string of the molecule is CCCN(Cc1ccc([N+](=O)[O-])cc1)C(=O)Nc1ccc(Cl)c(Cl)c1. The third-order valence-corrected chi connectivity index (χ3v) is 4.21. The lowest BCUT2D eigenvalue weighted by Gasteiger charge is -2.23. The highest BCUT2D eigenvalue weighted by Crippen LogP contribution is 2.25. The molecule has 0 spiro atoms. The van der Waals surface area contributed by atoms with Crippen LogP contribution in [0.2, 0.25) is 10.0 Å². The fourth-order valence-corrected chi connectivity index (χ4v) is 2.54. The van der Waals surface area contributed by atoms with Crippen LogP contribution < -0.4 is 5.32 Å². The van der Waals surface area contributed by atoms with Crippen molar-refractivity contribution < 1.29 is 9.72 Å². The average molecular weight is 382 g/mol. The van der Waals surface area contributed by atoms with E-state index in [2.05, 4.69) is 5.32 Å². The van der Waals surface area contributed by atoms with Gasteiger partial charge in [0.15, 0.2) is 0 Å². The molecular formula is C17H17Cl2N3O3. The number of carbonyl (C=O) groups excluding carboxylic acids is 1. The van der Waals surface area contributed by atoms with Crippen molar-refractivity contribution in [1.29, 1.82) is 0 Å². The van der Waals surface area contributed by atoms with E-state index in [-0.39, 0.29) is 11.7 Å². The first kappa shape index (κ1) is 19.0. The van der Waals surface area contributed by atoms with E-state index < -0.39 is 4.92 Å². The molecule has 0 fully saturated rings. The molecule has 2 aromatic rings. The van der Waals surface area contributed by atoms with Crippen LogP contribution in [0.5, 0.6) is 0 Å². The normalized spacial score (nSPS) is 10.4. The molecule has 0 bridgehead atoms. The maximum atomic E-state index is 12.5. The molecular weight excluding hydrogens is 365 g/mol. The van der Waals surface area contributed by atoms with Gasteiger partial charge in [0.1, 0.15) is 0 Å². The Bertz CT molecular complexity index is 766. The second-order valence-corrected chi connectivity index (χ2v) is 6.22. The van der Waals surface area contributed by atoms with E-state index >= 15 is 0 Å². The summed E-state index contributed by atoms with van der Waals surface area (Å²) in [5.41, 5.74) is 1.37. The lowest BCUT2D eigenvalue weighted by molar-refractivity contribution is -0.384. The molecule has 2 aromatic carbocycles. The number of halogens is 2. The number of hydrogen-bond donors (Lipinski definition) is 1. The van der Waals surface area contributed by atoms with Crippen LogP contribution in [0.25, 0.3) is 0 Å². The fraction of sp³-hybridized carbons (Fsp3) is 0.235. The number of nitrogens with one attached hydrogen (secondary N) is 1. The summed E-state index contributed by atoms with van der Waals surface area (Å²) in [7, 11) is 0. The summed E-state index contributed by atoms with van der Waals surface area (Å²) < 4.78 is 0. The highest BCUT2D eigenvalue weighted by molar-refractivity contribution is 6.42. The van der Waals surface area contributed by atoms with Gasteiger partial charge in [0.05, 0.1) is 15.0 Å². The molecule has 0 atom stereocenters. The molecule has 132 valence electrons. The summed E-state index contributed by atoms with van der Waals surface area (Å²) >= 11 is 11.8. The van der Waals surface area contributed by atoms with E-state index in [1.807, 2.05) is 6.92 Å². The molecule has 0 aliphatic carbocycles. The monoisotopic (exact) mass is 381 g/mol. The van der Waals surface area contributed by atoms with Gasteiger partial charge < -0.3 is 10.2 Å². The number of nitro groups is 1. The van der Waals surface area contributed by atoms with Crippen molar-refractivity contribution in [2.45, 2.75) is 19.9 Å². The van der Waals surface area contributed by atoms with Crippen LogP contribution in [0, 0.1) is 10.1 Å². The molecule has 0 unspecified atom stereocenters. The first-order chi connectivity index (χ1) is 11.9. The lowest BCUT2D eigenvalue weighted by atomic mass is 10.2. The van der Waals surface area contributed by atoms with Gasteiger partial charge in [0.25, 0.3) is 5.69 Å². The van der Waals surface area contributed by atoms with E-state index in [1.165, 1.54) is 12.1 Å². The minimum Gasteiger partial charge on any atom is -0.320 e. The van der Waals surface area contributed by atoms with E-state index in [0.29, 0.717) is 28.8 Å². The van der Waals surface area contributed by atoms with Gasteiger partial charge in [0.2, 0.25) is 0 Å². The molecule has 6 nitrogen and oxygen atoms in total. The Morgan fingerprint density at radius 1 is 1.16 bits per heavy atom. The van der Waals surface area contributed by atoms with Gasteiger partial charge in [-0.25, -0.2) is 4.79 Å². The van der Waals surface area contributed by atoms with Crippen molar-refractivity contribution in [1.82, 2.24) is 4.90 Å². The molecule has 2 rings (SSSR count). The van der Waals surface area contributed by atoms with Crippen molar-refractivity contribution in [2.75, 3.05) is 11.9 Å². The number of urea groups is 1. The van der Waals surface area contributed by atoms with E-state index in [4.69, 9.17) is 23.2 Å². The number of non-ortho nitro benzene ring substituents is 1. The summed E-state index contributed by atoms with van der Waals surface area (Å²) in [6, 6.07) is 10.7. The van der Waals surface area contributed by atoms with E-state index in [1.54, 1.807) is 35.2 Å². The fourth-order valence-electron chi connectivity index (χ4n) is 2.24. The van der Waals surface area contributed by atoms with Gasteiger partial charge in [-0.2, -0.15) is 0 Å². The van der Waals surface area contributed by atoms with Gasteiger partial charge >= 0.3 is 6.03 Å². The van der Waals surface area contributed by atoms with Gasteiger partial charge in [0, 0.05) is 30.9 Å². The average Bonchev–Trinajstić information content (AvgIpc) is 2.58. The number of hydrogen-bond acceptors (Lipinski definition) is 3. The zero-order chi connectivity index (χ0) is 18.4. The molecule has 0 radical (unpaired) electrons. The van der Waals surface area contributed by atoms with Crippen LogP contribution in [0.4, 0.5) is 16.2 Å². The second-order valence-electron chi connectivity index (χ2n) is 5.40. The number of amides is 2. The van der Waals surface area contributed by atoms with Gasteiger partial charge in [-0.15, -0.1) is 0 Å². The quantitative estimate of drug-likeness (QED) is 0.541. The van der Waals surface area contributed by atoms with Gasteiger partial charge in [-0.3, -0.25) is 10.1 Å². The Balaban J connectivity index is 2.09. The number of benzene rings is 2. The highest BCUT2D eigenvalue weighted by atomic mass is 35.5. The summed E-state index contributed by atoms with van der Waals surface area (Å²) in [6.45, 7) is 2.86. The molecule has 0 saturated carbocycles. The Labute approximate surface area is 155 Å². The molecule has 2 amide bonds. The molecule has 25 heavy (non-hydrogen) atoms. The Morgan fingerprint density at radius 3 is 2.40 bits per heavy atom. The van der Waals surface area contributed by atoms with Gasteiger partial charge in [-0.05, 0) is 30.2 Å². The topological polar surface area (TPSA) is 75.5 Å². The van der Waals surface area contributed by atoms with Crippen molar-refractivity contribution in [3.8, 4) is 0 Å². The smallest absolute Gasteiger partial charge is 0.320 e. The molecule has 0 heterocycles. The first-order valence-corrected chi connectivity index (χ1v) is 8.40. The maximum absolute atomic E-state index is 12.5. The van der Waals surface area contributed by atoms with Crippen LogP contribution in [-0.2, 0) is 6.54 Å². The molecule has 8 heteroatoms. The summed E-state index contributed by atoms with van der Waals surface area (Å²) in [6.07, 6.45) is 0.780. The number of carbonyl (C=O) groups is 1. The minimum absolute atomic E-state index is 0.0195. The Morgan fingerprint density at radius 2 is 1.84 bits per heavy atom. The molecule has 0 aliphatic rings. The Hall–Kier alpha value is -2.31. The maximum Gasteiger partial charge on any atom is 0.322 e. The van der Waals surface area contributed by atoms with Crippen LogP contribution >= 0.6 is 23.2 Å². The number of anilines is 1. The van der Waals surface area contributed by atoms with Crippen molar-refractivity contribution in [3.05, 3.63) is 68.2 Å². The minimum atomic E-state index is -0.454. The molecule has 1 N–H and O–H groups in total. The summed E-state index contributed by atoms with van der Waals surface area (Å²) in [4.78, 5) is 24.4. The third-order valence-electron chi connectivity index (χ3n) is 3.47. The van der Waals surface area contributed by atoms with E-state index in [9.17, 15) is 14.9 Å². The lowest BCUT2D eigenvalue weighted by Crippen LogP contribution is -2.35. The zero-order valence-electron chi connectivity index (χ0n) is 13.5. The molecule has 0 aromatic heterocycles.